The van der Waals surface area contributed by atoms with Crippen LogP contribution in [0.2, 0.25) is 0 Å². The van der Waals surface area contributed by atoms with E-state index in [-0.39, 0.29) is 23.1 Å². The van der Waals surface area contributed by atoms with Crippen LogP contribution in [0.25, 0.3) is 0 Å². The summed E-state index contributed by atoms with van der Waals surface area (Å²) in [5.41, 5.74) is 0.696. The van der Waals surface area contributed by atoms with Crippen LogP contribution in [0, 0.1) is 6.92 Å². The first-order chi connectivity index (χ1) is 11.6. The van der Waals surface area contributed by atoms with Gasteiger partial charge in [0.1, 0.15) is 5.56 Å². The molecule has 3 rings (SSSR count). The molecule has 0 bridgehead atoms. The number of amides is 1. The highest BCUT2D eigenvalue weighted by Crippen LogP contribution is 2.20. The van der Waals surface area contributed by atoms with Crippen LogP contribution in [-0.4, -0.2) is 52.2 Å². The Morgan fingerprint density at radius 2 is 2.17 bits per heavy atom. The highest BCUT2D eigenvalue weighted by Gasteiger charge is 2.28. The summed E-state index contributed by atoms with van der Waals surface area (Å²) in [7, 11) is 1.75. The normalized spacial score (nSPS) is 17.6. The van der Waals surface area contributed by atoms with Gasteiger partial charge in [-0.2, -0.15) is 5.10 Å². The van der Waals surface area contributed by atoms with E-state index in [0.29, 0.717) is 6.54 Å². The van der Waals surface area contributed by atoms with Crippen molar-refractivity contribution in [2.45, 2.75) is 25.8 Å². The maximum atomic E-state index is 12.6. The molecule has 3 heterocycles. The maximum absolute atomic E-state index is 12.6. The summed E-state index contributed by atoms with van der Waals surface area (Å²) >= 11 is 0. The number of hydrogen-bond acceptors (Lipinski definition) is 5. The summed E-state index contributed by atoms with van der Waals surface area (Å²) in [6, 6.07) is 7.15. The van der Waals surface area contributed by atoms with E-state index in [1.54, 1.807) is 24.1 Å². The number of carbonyl (C=O) groups excluding carboxylic acids is 1. The van der Waals surface area contributed by atoms with E-state index in [4.69, 9.17) is 0 Å². The van der Waals surface area contributed by atoms with Gasteiger partial charge < -0.3 is 14.8 Å². The van der Waals surface area contributed by atoms with Crippen LogP contribution < -0.4 is 10.5 Å². The highest BCUT2D eigenvalue weighted by atomic mass is 16.2. The van der Waals surface area contributed by atoms with Gasteiger partial charge in [0.25, 0.3) is 11.5 Å². The Morgan fingerprint density at radius 1 is 1.33 bits per heavy atom. The molecule has 0 aliphatic carbocycles. The van der Waals surface area contributed by atoms with Crippen molar-refractivity contribution in [2.24, 2.45) is 0 Å². The summed E-state index contributed by atoms with van der Waals surface area (Å²) in [5, 5.41) is 8.33. The molecule has 7 heteroatoms. The Hall–Kier alpha value is -2.70. The van der Waals surface area contributed by atoms with Gasteiger partial charge in [-0.05, 0) is 44.0 Å². The van der Waals surface area contributed by atoms with E-state index in [1.807, 2.05) is 19.1 Å². The zero-order chi connectivity index (χ0) is 17.1. The van der Waals surface area contributed by atoms with Crippen molar-refractivity contribution in [3.63, 3.8) is 0 Å². The molecule has 1 unspecified atom stereocenters. The minimum absolute atomic E-state index is 0.0361. The number of piperidine rings is 1. The lowest BCUT2D eigenvalue weighted by molar-refractivity contribution is 0.0715. The van der Waals surface area contributed by atoms with E-state index in [9.17, 15) is 9.59 Å². The van der Waals surface area contributed by atoms with Gasteiger partial charge in [0.2, 0.25) is 0 Å². The molecule has 1 amide bonds. The average molecular weight is 327 g/mol. The fourth-order valence-electron chi connectivity index (χ4n) is 2.99. The second-order valence-corrected chi connectivity index (χ2v) is 6.10. The maximum Gasteiger partial charge on any atom is 0.260 e. The first kappa shape index (κ1) is 16.2. The second kappa shape index (κ2) is 6.82. The number of carbonyl (C=O) groups is 1. The predicted molar refractivity (Wildman–Crippen MR) is 91.2 cm³/mol. The van der Waals surface area contributed by atoms with Gasteiger partial charge in [-0.3, -0.25) is 9.59 Å². The van der Waals surface area contributed by atoms with Gasteiger partial charge in [0.15, 0.2) is 5.82 Å². The molecule has 1 atom stereocenters. The number of pyridine rings is 1. The lowest BCUT2D eigenvalue weighted by atomic mass is 10.0. The highest BCUT2D eigenvalue weighted by molar-refractivity contribution is 5.93. The van der Waals surface area contributed by atoms with Crippen molar-refractivity contribution in [1.29, 1.82) is 0 Å². The van der Waals surface area contributed by atoms with Crippen LogP contribution in [0.15, 0.2) is 35.3 Å². The van der Waals surface area contributed by atoms with E-state index in [2.05, 4.69) is 20.1 Å². The second-order valence-electron chi connectivity index (χ2n) is 6.10. The van der Waals surface area contributed by atoms with Crippen LogP contribution >= 0.6 is 0 Å². The van der Waals surface area contributed by atoms with Crippen molar-refractivity contribution < 1.29 is 4.79 Å². The summed E-state index contributed by atoms with van der Waals surface area (Å²) in [6.45, 7) is 3.48. The fraction of sp³-hybridized carbons (Fsp3) is 0.412. The Balaban J connectivity index is 1.74. The molecule has 2 aromatic heterocycles. The summed E-state index contributed by atoms with van der Waals surface area (Å²) in [6.07, 6.45) is 3.39. The van der Waals surface area contributed by atoms with Crippen molar-refractivity contribution in [3.8, 4) is 0 Å². The van der Waals surface area contributed by atoms with Crippen molar-refractivity contribution in [3.05, 3.63) is 52.1 Å². The summed E-state index contributed by atoms with van der Waals surface area (Å²) < 4.78 is 0. The van der Waals surface area contributed by atoms with Crippen molar-refractivity contribution >= 4 is 11.7 Å². The zero-order valence-corrected chi connectivity index (χ0v) is 13.9. The number of nitrogens with zero attached hydrogens (tertiary/aromatic N) is 4. The van der Waals surface area contributed by atoms with Gasteiger partial charge >= 0.3 is 0 Å². The number of anilines is 1. The minimum atomic E-state index is -0.355. The molecule has 1 N–H and O–H groups in total. The van der Waals surface area contributed by atoms with Crippen LogP contribution in [0.4, 0.5) is 5.82 Å². The number of aryl methyl sites for hydroxylation is 1. The zero-order valence-electron chi connectivity index (χ0n) is 13.9. The Bertz CT molecular complexity index is 771. The molecule has 1 saturated heterocycles. The van der Waals surface area contributed by atoms with Gasteiger partial charge in [-0.25, -0.2) is 0 Å². The quantitative estimate of drug-likeness (QED) is 0.916. The molecule has 1 aliphatic rings. The number of nitrogens with one attached hydrogen (secondary N) is 1. The molecule has 7 nitrogen and oxygen atoms in total. The third-order valence-corrected chi connectivity index (χ3v) is 4.42. The topological polar surface area (TPSA) is 82.2 Å². The van der Waals surface area contributed by atoms with E-state index < -0.39 is 0 Å². The van der Waals surface area contributed by atoms with Gasteiger partial charge in [0, 0.05) is 32.4 Å². The Morgan fingerprint density at radius 3 is 2.88 bits per heavy atom. The molecule has 0 spiro atoms. The minimum Gasteiger partial charge on any atom is -0.353 e. The fourth-order valence-corrected chi connectivity index (χ4v) is 2.99. The van der Waals surface area contributed by atoms with Crippen LogP contribution in [0.1, 0.15) is 28.9 Å². The molecule has 2 aromatic rings. The SMILES string of the molecule is Cc1ccc(N2CCCC(N(C)C(=O)c3ccc[nH]c3=O)C2)nn1. The van der Waals surface area contributed by atoms with Crippen molar-refractivity contribution in [2.75, 3.05) is 25.0 Å². The van der Waals surface area contributed by atoms with Gasteiger partial charge in [0.05, 0.1) is 5.69 Å². The number of likely N-dealkylation sites (N-methyl/N-ethyl adjacent to an activating group) is 1. The van der Waals surface area contributed by atoms with Crippen molar-refractivity contribution in [1.82, 2.24) is 20.1 Å². The van der Waals surface area contributed by atoms with Crippen LogP contribution in [0.3, 0.4) is 0 Å². The number of aromatic amines is 1. The number of H-pyrrole nitrogens is 1. The summed E-state index contributed by atoms with van der Waals surface area (Å²) in [4.78, 5) is 30.8. The first-order valence-electron chi connectivity index (χ1n) is 8.06. The Kier molecular flexibility index (Phi) is 4.59. The van der Waals surface area contributed by atoms with E-state index in [0.717, 1.165) is 30.9 Å². The molecule has 1 aliphatic heterocycles. The molecular formula is C17H21N5O2. The van der Waals surface area contributed by atoms with Gasteiger partial charge in [-0.15, -0.1) is 5.10 Å². The first-order valence-corrected chi connectivity index (χ1v) is 8.06. The van der Waals surface area contributed by atoms with Crippen LogP contribution in [-0.2, 0) is 0 Å². The molecule has 0 radical (unpaired) electrons. The molecule has 24 heavy (non-hydrogen) atoms. The number of hydrogen-bond donors (Lipinski definition) is 1. The largest absolute Gasteiger partial charge is 0.353 e. The molecule has 0 aromatic carbocycles. The van der Waals surface area contributed by atoms with Gasteiger partial charge in [-0.1, -0.05) is 0 Å². The molecule has 0 saturated carbocycles. The number of aromatic nitrogens is 3. The number of rotatable bonds is 3. The Labute approximate surface area is 140 Å². The third kappa shape index (κ3) is 3.29. The lowest BCUT2D eigenvalue weighted by Gasteiger charge is -2.38. The monoisotopic (exact) mass is 327 g/mol. The third-order valence-electron chi connectivity index (χ3n) is 4.42. The molecule has 126 valence electrons. The summed E-state index contributed by atoms with van der Waals surface area (Å²) in [5.74, 6) is 0.572. The smallest absolute Gasteiger partial charge is 0.260 e. The van der Waals surface area contributed by atoms with Crippen LogP contribution in [0.5, 0.6) is 0 Å². The average Bonchev–Trinajstić information content (AvgIpc) is 2.61. The lowest BCUT2D eigenvalue weighted by Crippen LogP contribution is -2.49. The predicted octanol–water partition coefficient (Wildman–Crippen LogP) is 1.21. The van der Waals surface area contributed by atoms with E-state index >= 15 is 0 Å². The van der Waals surface area contributed by atoms with E-state index in [1.165, 1.54) is 6.20 Å². The molecule has 1 fully saturated rings. The standard InChI is InChI=1S/C17H21N5O2/c1-12-7-8-15(20-19-12)22-10-4-5-13(11-22)21(2)17(24)14-6-3-9-18-16(14)23/h3,6-9,13H,4-5,10-11H2,1-2H3,(H,18,23). The molecular weight excluding hydrogens is 306 g/mol.